The van der Waals surface area contributed by atoms with E-state index in [1.807, 2.05) is 30.3 Å². The van der Waals surface area contributed by atoms with Crippen LogP contribution in [0.1, 0.15) is 18.2 Å². The average Bonchev–Trinajstić information content (AvgIpc) is 2.76. The van der Waals surface area contributed by atoms with Crippen LogP contribution >= 0.6 is 0 Å². The van der Waals surface area contributed by atoms with Crippen LogP contribution in [-0.2, 0) is 0 Å². The second-order valence-electron chi connectivity index (χ2n) is 4.10. The van der Waals surface area contributed by atoms with E-state index in [2.05, 4.69) is 4.98 Å². The molecule has 0 saturated heterocycles. The molecule has 1 atom stereocenters. The van der Waals surface area contributed by atoms with Gasteiger partial charge in [-0.1, -0.05) is 30.3 Å². The lowest BCUT2D eigenvalue weighted by Gasteiger charge is -2.15. The summed E-state index contributed by atoms with van der Waals surface area (Å²) in [6, 6.07) is 9.87. The number of benzene rings is 1. The molecule has 2 aromatic rings. The molecule has 0 aliphatic rings. The summed E-state index contributed by atoms with van der Waals surface area (Å²) in [4.78, 5) is 2.80. The SMILES string of the molecule is NC(CC(F)(F)F)c1[nH]ccc1-c1ccccc1. The highest BCUT2D eigenvalue weighted by molar-refractivity contribution is 5.66. The maximum atomic E-state index is 12.3. The van der Waals surface area contributed by atoms with E-state index >= 15 is 0 Å². The van der Waals surface area contributed by atoms with Gasteiger partial charge in [0.25, 0.3) is 0 Å². The first-order chi connectivity index (χ1) is 8.47. The van der Waals surface area contributed by atoms with Crippen LogP contribution in [0.2, 0.25) is 0 Å². The fourth-order valence-electron chi connectivity index (χ4n) is 1.91. The van der Waals surface area contributed by atoms with Crippen LogP contribution in [0.3, 0.4) is 0 Å². The van der Waals surface area contributed by atoms with Crippen molar-refractivity contribution in [2.45, 2.75) is 18.6 Å². The Kier molecular flexibility index (Phi) is 3.43. The smallest absolute Gasteiger partial charge is 0.363 e. The average molecular weight is 254 g/mol. The summed E-state index contributed by atoms with van der Waals surface area (Å²) in [5.41, 5.74) is 7.60. The van der Waals surface area contributed by atoms with E-state index in [9.17, 15) is 13.2 Å². The standard InChI is InChI=1S/C13H13F3N2/c14-13(15,16)8-11(17)12-10(6-7-18-12)9-4-2-1-3-5-9/h1-7,11,18H,8,17H2. The van der Waals surface area contributed by atoms with Gasteiger partial charge in [-0.3, -0.25) is 0 Å². The molecule has 1 unspecified atom stereocenters. The zero-order valence-electron chi connectivity index (χ0n) is 9.54. The number of aromatic amines is 1. The largest absolute Gasteiger partial charge is 0.390 e. The van der Waals surface area contributed by atoms with Gasteiger partial charge < -0.3 is 10.7 Å². The Morgan fingerprint density at radius 2 is 1.78 bits per heavy atom. The van der Waals surface area contributed by atoms with Gasteiger partial charge >= 0.3 is 6.18 Å². The third-order valence-electron chi connectivity index (χ3n) is 2.69. The van der Waals surface area contributed by atoms with Crippen molar-refractivity contribution in [3.63, 3.8) is 0 Å². The summed E-state index contributed by atoms with van der Waals surface area (Å²) in [6.07, 6.45) is -3.69. The normalized spacial score (nSPS) is 13.6. The number of aromatic nitrogens is 1. The highest BCUT2D eigenvalue weighted by Gasteiger charge is 2.32. The van der Waals surface area contributed by atoms with Crippen molar-refractivity contribution in [1.82, 2.24) is 4.98 Å². The van der Waals surface area contributed by atoms with Gasteiger partial charge in [0.2, 0.25) is 0 Å². The van der Waals surface area contributed by atoms with Crippen LogP contribution in [0.5, 0.6) is 0 Å². The molecule has 1 heterocycles. The van der Waals surface area contributed by atoms with Crippen LogP contribution in [0.25, 0.3) is 11.1 Å². The Bertz CT molecular complexity index is 502. The highest BCUT2D eigenvalue weighted by Crippen LogP contribution is 2.32. The number of nitrogens with one attached hydrogen (secondary N) is 1. The summed E-state index contributed by atoms with van der Waals surface area (Å²) >= 11 is 0. The molecule has 18 heavy (non-hydrogen) atoms. The van der Waals surface area contributed by atoms with E-state index in [0.717, 1.165) is 5.56 Å². The van der Waals surface area contributed by atoms with E-state index in [1.165, 1.54) is 0 Å². The molecule has 0 amide bonds. The molecule has 0 bridgehead atoms. The summed E-state index contributed by atoms with van der Waals surface area (Å²) in [6.45, 7) is 0. The second kappa shape index (κ2) is 4.86. The molecule has 1 aromatic carbocycles. The first-order valence-electron chi connectivity index (χ1n) is 5.52. The zero-order valence-corrected chi connectivity index (χ0v) is 9.54. The Morgan fingerprint density at radius 3 is 2.39 bits per heavy atom. The van der Waals surface area contributed by atoms with E-state index < -0.39 is 18.6 Å². The zero-order chi connectivity index (χ0) is 13.2. The van der Waals surface area contributed by atoms with Gasteiger partial charge in [-0.25, -0.2) is 0 Å². The number of H-pyrrole nitrogens is 1. The quantitative estimate of drug-likeness (QED) is 0.862. The monoisotopic (exact) mass is 254 g/mol. The minimum Gasteiger partial charge on any atom is -0.363 e. The lowest BCUT2D eigenvalue weighted by Crippen LogP contribution is -2.21. The molecule has 0 fully saturated rings. The molecule has 3 N–H and O–H groups in total. The van der Waals surface area contributed by atoms with E-state index in [1.54, 1.807) is 12.3 Å². The van der Waals surface area contributed by atoms with Gasteiger partial charge in [0.05, 0.1) is 12.5 Å². The van der Waals surface area contributed by atoms with Crippen LogP contribution in [0.15, 0.2) is 42.6 Å². The number of hydrogen-bond donors (Lipinski definition) is 2. The van der Waals surface area contributed by atoms with E-state index in [4.69, 9.17) is 5.73 Å². The van der Waals surface area contributed by atoms with Crippen molar-refractivity contribution in [3.05, 3.63) is 48.3 Å². The predicted octanol–water partition coefficient (Wildman–Crippen LogP) is 3.63. The summed E-state index contributed by atoms with van der Waals surface area (Å²) in [5, 5.41) is 0. The number of nitrogens with two attached hydrogens (primary N) is 1. The van der Waals surface area contributed by atoms with Gasteiger partial charge in [0, 0.05) is 17.5 Å². The molecule has 1 aromatic heterocycles. The highest BCUT2D eigenvalue weighted by atomic mass is 19.4. The molecule has 96 valence electrons. The molecule has 0 saturated carbocycles. The number of rotatable bonds is 3. The molecule has 0 radical (unpaired) electrons. The van der Waals surface area contributed by atoms with Crippen molar-refractivity contribution in [2.24, 2.45) is 5.73 Å². The summed E-state index contributed by atoms with van der Waals surface area (Å²) in [7, 11) is 0. The Hall–Kier alpha value is -1.75. The van der Waals surface area contributed by atoms with Crippen LogP contribution in [0.4, 0.5) is 13.2 Å². The van der Waals surface area contributed by atoms with Crippen LogP contribution in [-0.4, -0.2) is 11.2 Å². The van der Waals surface area contributed by atoms with Gasteiger partial charge in [-0.05, 0) is 11.6 Å². The maximum Gasteiger partial charge on any atom is 0.390 e. The minimum atomic E-state index is -4.27. The number of halogens is 3. The molecule has 0 spiro atoms. The Labute approximate surface area is 103 Å². The van der Waals surface area contributed by atoms with Crippen molar-refractivity contribution >= 4 is 0 Å². The van der Waals surface area contributed by atoms with E-state index in [0.29, 0.717) is 11.3 Å². The van der Waals surface area contributed by atoms with Gasteiger partial charge in [-0.15, -0.1) is 0 Å². The van der Waals surface area contributed by atoms with Crippen molar-refractivity contribution in [3.8, 4) is 11.1 Å². The second-order valence-corrected chi connectivity index (χ2v) is 4.10. The van der Waals surface area contributed by atoms with Crippen molar-refractivity contribution < 1.29 is 13.2 Å². The van der Waals surface area contributed by atoms with Crippen molar-refractivity contribution in [2.75, 3.05) is 0 Å². The fraction of sp³-hybridized carbons (Fsp3) is 0.231. The first-order valence-corrected chi connectivity index (χ1v) is 5.52. The molecule has 2 rings (SSSR count). The minimum absolute atomic E-state index is 0.415. The van der Waals surface area contributed by atoms with Crippen LogP contribution < -0.4 is 5.73 Å². The lowest BCUT2D eigenvalue weighted by molar-refractivity contribution is -0.138. The van der Waals surface area contributed by atoms with Gasteiger partial charge in [-0.2, -0.15) is 13.2 Å². The summed E-state index contributed by atoms with van der Waals surface area (Å²) < 4.78 is 37.0. The fourth-order valence-corrected chi connectivity index (χ4v) is 1.91. The number of hydrogen-bond acceptors (Lipinski definition) is 1. The molecule has 5 heteroatoms. The Morgan fingerprint density at radius 1 is 1.11 bits per heavy atom. The number of alkyl halides is 3. The van der Waals surface area contributed by atoms with E-state index in [-0.39, 0.29) is 0 Å². The molecule has 0 aliphatic carbocycles. The predicted molar refractivity (Wildman–Crippen MR) is 63.8 cm³/mol. The van der Waals surface area contributed by atoms with Gasteiger partial charge in [0.1, 0.15) is 0 Å². The molecule has 2 nitrogen and oxygen atoms in total. The van der Waals surface area contributed by atoms with Crippen molar-refractivity contribution in [1.29, 1.82) is 0 Å². The third-order valence-corrected chi connectivity index (χ3v) is 2.69. The molecular formula is C13H13F3N2. The van der Waals surface area contributed by atoms with Gasteiger partial charge in [0.15, 0.2) is 0 Å². The lowest BCUT2D eigenvalue weighted by atomic mass is 10.0. The molecule has 0 aliphatic heterocycles. The third kappa shape index (κ3) is 2.92. The van der Waals surface area contributed by atoms with Crippen LogP contribution in [0, 0.1) is 0 Å². The molecular weight excluding hydrogens is 241 g/mol. The summed E-state index contributed by atoms with van der Waals surface area (Å²) in [5.74, 6) is 0. The Balaban J connectivity index is 2.28. The first kappa shape index (κ1) is 12.7. The topological polar surface area (TPSA) is 41.8 Å². The maximum absolute atomic E-state index is 12.3.